The molecule has 0 heterocycles. The van der Waals surface area contributed by atoms with Crippen molar-refractivity contribution in [1.82, 2.24) is 0 Å². The smallest absolute Gasteiger partial charge is 0.343 e. The second kappa shape index (κ2) is 12.4. The average molecular weight is 437 g/mol. The van der Waals surface area contributed by atoms with Gasteiger partial charge in [0.25, 0.3) is 0 Å². The van der Waals surface area contributed by atoms with Gasteiger partial charge in [0.1, 0.15) is 11.5 Å². The van der Waals surface area contributed by atoms with Crippen molar-refractivity contribution >= 4 is 11.9 Å². The number of esters is 2. The fourth-order valence-corrected chi connectivity index (χ4v) is 4.49. The summed E-state index contributed by atoms with van der Waals surface area (Å²) in [5.74, 6) is 1.73. The molecule has 2 aromatic carbocycles. The first-order valence-corrected chi connectivity index (χ1v) is 12.2. The molecule has 4 heteroatoms. The lowest BCUT2D eigenvalue weighted by Gasteiger charge is -2.29. The van der Waals surface area contributed by atoms with E-state index in [4.69, 9.17) is 9.47 Å². The zero-order valence-electron chi connectivity index (χ0n) is 19.5. The number of hydrogen-bond acceptors (Lipinski definition) is 4. The number of carbonyl (C=O) groups is 2. The summed E-state index contributed by atoms with van der Waals surface area (Å²) in [5.41, 5.74) is 1.87. The summed E-state index contributed by atoms with van der Waals surface area (Å²) >= 11 is 0. The Bertz CT molecular complexity index is 846. The Hall–Kier alpha value is -2.62. The molecule has 1 aliphatic carbocycles. The molecule has 1 fully saturated rings. The maximum absolute atomic E-state index is 12.5. The minimum Gasteiger partial charge on any atom is -0.427 e. The van der Waals surface area contributed by atoms with Crippen LogP contribution in [-0.4, -0.2) is 11.9 Å². The van der Waals surface area contributed by atoms with Gasteiger partial charge in [0.2, 0.25) is 0 Å². The summed E-state index contributed by atoms with van der Waals surface area (Å²) < 4.78 is 10.7. The molecule has 4 nitrogen and oxygen atoms in total. The first kappa shape index (κ1) is 24.0. The molecule has 0 atom stereocenters. The third-order valence-electron chi connectivity index (χ3n) is 6.40. The molecule has 3 rings (SSSR count). The lowest BCUT2D eigenvalue weighted by atomic mass is 9.77. The Morgan fingerprint density at radius 3 is 2.00 bits per heavy atom. The van der Waals surface area contributed by atoms with Crippen LogP contribution in [0.25, 0.3) is 0 Å². The van der Waals surface area contributed by atoms with Gasteiger partial charge in [0, 0.05) is 6.42 Å². The molecule has 0 radical (unpaired) electrons. The minimum atomic E-state index is -0.382. The average Bonchev–Trinajstić information content (AvgIpc) is 2.81. The van der Waals surface area contributed by atoms with E-state index in [0.29, 0.717) is 29.4 Å². The molecule has 1 saturated carbocycles. The summed E-state index contributed by atoms with van der Waals surface area (Å²) in [5, 5.41) is 0. The first-order valence-electron chi connectivity index (χ1n) is 12.2. The lowest BCUT2D eigenvalue weighted by molar-refractivity contribution is -0.134. The van der Waals surface area contributed by atoms with Crippen molar-refractivity contribution in [2.75, 3.05) is 0 Å². The highest BCUT2D eigenvalue weighted by atomic mass is 16.5. The van der Waals surface area contributed by atoms with Crippen molar-refractivity contribution in [3.8, 4) is 11.5 Å². The summed E-state index contributed by atoms with van der Waals surface area (Å²) in [6, 6.07) is 14.4. The van der Waals surface area contributed by atoms with Crippen LogP contribution in [0, 0.1) is 5.92 Å². The highest BCUT2D eigenvalue weighted by Crippen LogP contribution is 2.37. The van der Waals surface area contributed by atoms with Crippen molar-refractivity contribution in [3.63, 3.8) is 0 Å². The zero-order valence-corrected chi connectivity index (χ0v) is 19.5. The molecule has 0 bridgehead atoms. The van der Waals surface area contributed by atoms with E-state index in [9.17, 15) is 9.59 Å². The molecule has 0 unspecified atom stereocenters. The highest BCUT2D eigenvalue weighted by Gasteiger charge is 2.22. The zero-order chi connectivity index (χ0) is 22.8. The van der Waals surface area contributed by atoms with Crippen molar-refractivity contribution < 1.29 is 19.1 Å². The normalized spacial score (nSPS) is 18.2. The van der Waals surface area contributed by atoms with Crippen LogP contribution in [-0.2, 0) is 4.79 Å². The standard InChI is InChI=1S/C28H36O4/c1-3-5-6-8-21-9-11-22(12-10-21)23-13-15-24(16-14-23)28(30)32-26-19-17-25(18-20-26)31-27(29)7-4-2/h13-22H,3-12H2,1-2H3. The van der Waals surface area contributed by atoms with Gasteiger partial charge >= 0.3 is 11.9 Å². The molecule has 0 aliphatic heterocycles. The largest absolute Gasteiger partial charge is 0.427 e. The predicted octanol–water partition coefficient (Wildman–Crippen LogP) is 7.47. The number of ether oxygens (including phenoxy) is 2. The van der Waals surface area contributed by atoms with Gasteiger partial charge in [-0.05, 0) is 85.9 Å². The Balaban J connectivity index is 1.48. The number of rotatable bonds is 10. The Morgan fingerprint density at radius 1 is 0.781 bits per heavy atom. The van der Waals surface area contributed by atoms with Gasteiger partial charge in [-0.15, -0.1) is 0 Å². The molecule has 0 amide bonds. The first-order chi connectivity index (χ1) is 15.6. The minimum absolute atomic E-state index is 0.262. The quantitative estimate of drug-likeness (QED) is 0.220. The Kier molecular flexibility index (Phi) is 9.33. The van der Waals surface area contributed by atoms with E-state index in [1.54, 1.807) is 24.3 Å². The van der Waals surface area contributed by atoms with E-state index in [-0.39, 0.29) is 11.9 Å². The molecule has 0 saturated heterocycles. The third-order valence-corrected chi connectivity index (χ3v) is 6.40. The fourth-order valence-electron chi connectivity index (χ4n) is 4.49. The van der Waals surface area contributed by atoms with Crippen molar-refractivity contribution in [2.24, 2.45) is 5.92 Å². The molecular formula is C28H36O4. The van der Waals surface area contributed by atoms with Crippen LogP contribution in [0.1, 0.15) is 99.9 Å². The van der Waals surface area contributed by atoms with E-state index >= 15 is 0 Å². The van der Waals surface area contributed by atoms with Crippen LogP contribution in [0.4, 0.5) is 0 Å². The van der Waals surface area contributed by atoms with E-state index in [1.165, 1.54) is 56.9 Å². The van der Waals surface area contributed by atoms with Crippen LogP contribution >= 0.6 is 0 Å². The van der Waals surface area contributed by atoms with Gasteiger partial charge in [-0.25, -0.2) is 4.79 Å². The Morgan fingerprint density at radius 2 is 1.41 bits per heavy atom. The van der Waals surface area contributed by atoms with E-state index in [0.717, 1.165) is 12.3 Å². The van der Waals surface area contributed by atoms with Gasteiger partial charge < -0.3 is 9.47 Å². The second-order valence-electron chi connectivity index (χ2n) is 8.92. The molecule has 172 valence electrons. The van der Waals surface area contributed by atoms with Gasteiger partial charge in [0.15, 0.2) is 0 Å². The molecule has 32 heavy (non-hydrogen) atoms. The third kappa shape index (κ3) is 7.22. The topological polar surface area (TPSA) is 52.6 Å². The molecule has 0 aromatic heterocycles. The van der Waals surface area contributed by atoms with Crippen molar-refractivity contribution in [2.45, 2.75) is 84.0 Å². The Labute approximate surface area is 192 Å². The monoisotopic (exact) mass is 436 g/mol. The van der Waals surface area contributed by atoms with Crippen LogP contribution in [0.15, 0.2) is 48.5 Å². The maximum Gasteiger partial charge on any atom is 0.343 e. The van der Waals surface area contributed by atoms with Crippen molar-refractivity contribution in [3.05, 3.63) is 59.7 Å². The van der Waals surface area contributed by atoms with E-state index in [1.807, 2.05) is 19.1 Å². The number of unbranched alkanes of at least 4 members (excludes halogenated alkanes) is 2. The lowest BCUT2D eigenvalue weighted by Crippen LogP contribution is -2.14. The van der Waals surface area contributed by atoms with Gasteiger partial charge in [-0.1, -0.05) is 51.7 Å². The SMILES string of the molecule is CCCCCC1CCC(c2ccc(C(=O)Oc3ccc(OC(=O)CCC)cc3)cc2)CC1. The molecule has 0 N–H and O–H groups in total. The van der Waals surface area contributed by atoms with Crippen LogP contribution < -0.4 is 9.47 Å². The fraction of sp³-hybridized carbons (Fsp3) is 0.500. The number of carbonyl (C=O) groups excluding carboxylic acids is 2. The van der Waals surface area contributed by atoms with E-state index in [2.05, 4.69) is 19.1 Å². The second-order valence-corrected chi connectivity index (χ2v) is 8.92. The maximum atomic E-state index is 12.5. The summed E-state index contributed by atoms with van der Waals surface area (Å²) in [7, 11) is 0. The van der Waals surface area contributed by atoms with Crippen LogP contribution in [0.5, 0.6) is 11.5 Å². The summed E-state index contributed by atoms with van der Waals surface area (Å²) in [6.07, 6.45) is 11.7. The van der Waals surface area contributed by atoms with Gasteiger partial charge in [0.05, 0.1) is 5.56 Å². The van der Waals surface area contributed by atoms with Crippen LogP contribution in [0.2, 0.25) is 0 Å². The molecule has 1 aliphatic rings. The number of benzene rings is 2. The molecule has 0 spiro atoms. The van der Waals surface area contributed by atoms with Crippen LogP contribution in [0.3, 0.4) is 0 Å². The predicted molar refractivity (Wildman–Crippen MR) is 127 cm³/mol. The van der Waals surface area contributed by atoms with Gasteiger partial charge in [-0.3, -0.25) is 4.79 Å². The van der Waals surface area contributed by atoms with Gasteiger partial charge in [-0.2, -0.15) is 0 Å². The molecule has 2 aromatic rings. The van der Waals surface area contributed by atoms with Crippen molar-refractivity contribution in [1.29, 1.82) is 0 Å². The number of hydrogen-bond donors (Lipinski definition) is 0. The molecular weight excluding hydrogens is 400 g/mol. The summed E-state index contributed by atoms with van der Waals surface area (Å²) in [6.45, 7) is 4.19. The summed E-state index contributed by atoms with van der Waals surface area (Å²) in [4.78, 5) is 24.1. The van der Waals surface area contributed by atoms with E-state index < -0.39 is 0 Å². The highest BCUT2D eigenvalue weighted by molar-refractivity contribution is 5.91.